The van der Waals surface area contributed by atoms with Crippen LogP contribution in [0.15, 0.2) is 24.3 Å². The first kappa shape index (κ1) is 12.2. The molecule has 20 heavy (non-hydrogen) atoms. The standard InChI is InChI=1S/C17H21N3/c1-20-17(15-6-3-9-18-15)11-16(19-20)14-8-7-12-4-2-5-13(12)10-14/h7-8,10-11,15,18H,2-6,9H2,1H3. The van der Waals surface area contributed by atoms with E-state index in [9.17, 15) is 0 Å². The third kappa shape index (κ3) is 1.97. The summed E-state index contributed by atoms with van der Waals surface area (Å²) in [5.74, 6) is 0. The Morgan fingerprint density at radius 1 is 1.15 bits per heavy atom. The zero-order valence-electron chi connectivity index (χ0n) is 12.0. The maximum absolute atomic E-state index is 4.73. The van der Waals surface area contributed by atoms with Crippen molar-refractivity contribution in [1.82, 2.24) is 15.1 Å². The highest BCUT2D eigenvalue weighted by Gasteiger charge is 2.21. The lowest BCUT2D eigenvalue weighted by Gasteiger charge is -2.09. The second-order valence-corrected chi connectivity index (χ2v) is 6.06. The molecular formula is C17H21N3. The van der Waals surface area contributed by atoms with Gasteiger partial charge in [-0.05, 0) is 61.9 Å². The summed E-state index contributed by atoms with van der Waals surface area (Å²) in [5.41, 5.74) is 6.76. The molecule has 1 aliphatic carbocycles. The van der Waals surface area contributed by atoms with E-state index in [0.717, 1.165) is 12.2 Å². The maximum atomic E-state index is 4.73. The number of aromatic nitrogens is 2. The normalized spacial score (nSPS) is 21.4. The van der Waals surface area contributed by atoms with Crippen molar-refractivity contribution in [2.75, 3.05) is 6.54 Å². The Morgan fingerprint density at radius 3 is 2.90 bits per heavy atom. The molecule has 3 nitrogen and oxygen atoms in total. The fraction of sp³-hybridized carbons (Fsp3) is 0.471. The van der Waals surface area contributed by atoms with Gasteiger partial charge in [0.25, 0.3) is 0 Å². The predicted octanol–water partition coefficient (Wildman–Crippen LogP) is 3.00. The van der Waals surface area contributed by atoms with E-state index in [4.69, 9.17) is 5.10 Å². The lowest BCUT2D eigenvalue weighted by Crippen LogP contribution is -2.16. The van der Waals surface area contributed by atoms with E-state index in [1.165, 1.54) is 54.5 Å². The topological polar surface area (TPSA) is 29.9 Å². The number of fused-ring (bicyclic) bond motifs is 1. The SMILES string of the molecule is Cn1nc(-c2ccc3c(c2)CCC3)cc1C1CCCN1. The minimum absolute atomic E-state index is 0.482. The van der Waals surface area contributed by atoms with Gasteiger partial charge in [-0.2, -0.15) is 5.10 Å². The lowest BCUT2D eigenvalue weighted by atomic mass is 10.0. The molecule has 2 heterocycles. The first-order valence-electron chi connectivity index (χ1n) is 7.71. The number of benzene rings is 1. The first-order valence-corrected chi connectivity index (χ1v) is 7.71. The zero-order valence-corrected chi connectivity index (χ0v) is 12.0. The van der Waals surface area contributed by atoms with Crippen LogP contribution in [0.1, 0.15) is 42.1 Å². The van der Waals surface area contributed by atoms with Gasteiger partial charge in [-0.15, -0.1) is 0 Å². The second-order valence-electron chi connectivity index (χ2n) is 6.06. The van der Waals surface area contributed by atoms with Crippen molar-refractivity contribution >= 4 is 0 Å². The molecule has 0 radical (unpaired) electrons. The Balaban J connectivity index is 1.70. The smallest absolute Gasteiger partial charge is 0.0926 e. The number of aryl methyl sites for hydroxylation is 3. The minimum Gasteiger partial charge on any atom is -0.309 e. The molecule has 1 N–H and O–H groups in total. The average Bonchev–Trinajstić information content (AvgIpc) is 3.17. The van der Waals surface area contributed by atoms with Gasteiger partial charge in [0.2, 0.25) is 0 Å². The highest BCUT2D eigenvalue weighted by Crippen LogP contribution is 2.30. The summed E-state index contributed by atoms with van der Waals surface area (Å²) in [6, 6.07) is 9.62. The molecule has 1 aromatic heterocycles. The van der Waals surface area contributed by atoms with E-state index >= 15 is 0 Å². The summed E-state index contributed by atoms with van der Waals surface area (Å²) < 4.78 is 2.05. The summed E-state index contributed by atoms with van der Waals surface area (Å²) in [4.78, 5) is 0. The number of nitrogens with zero attached hydrogens (tertiary/aromatic N) is 2. The second kappa shape index (κ2) is 4.74. The number of rotatable bonds is 2. The van der Waals surface area contributed by atoms with Gasteiger partial charge in [-0.25, -0.2) is 0 Å². The Morgan fingerprint density at radius 2 is 2.05 bits per heavy atom. The van der Waals surface area contributed by atoms with E-state index in [0.29, 0.717) is 6.04 Å². The van der Waals surface area contributed by atoms with Crippen molar-refractivity contribution in [3.63, 3.8) is 0 Å². The highest BCUT2D eigenvalue weighted by molar-refractivity contribution is 5.62. The molecular weight excluding hydrogens is 246 g/mol. The number of nitrogens with one attached hydrogen (secondary N) is 1. The molecule has 1 unspecified atom stereocenters. The Hall–Kier alpha value is -1.61. The molecule has 4 rings (SSSR count). The summed E-state index contributed by atoms with van der Waals surface area (Å²) in [6.07, 6.45) is 6.27. The quantitative estimate of drug-likeness (QED) is 0.906. The lowest BCUT2D eigenvalue weighted by molar-refractivity contribution is 0.574. The summed E-state index contributed by atoms with van der Waals surface area (Å²) in [7, 11) is 2.06. The van der Waals surface area contributed by atoms with E-state index in [-0.39, 0.29) is 0 Å². The van der Waals surface area contributed by atoms with E-state index in [2.05, 4.69) is 36.6 Å². The average molecular weight is 267 g/mol. The molecule has 2 aromatic rings. The van der Waals surface area contributed by atoms with Crippen LogP contribution in [-0.2, 0) is 19.9 Å². The minimum atomic E-state index is 0.482. The number of hydrogen-bond acceptors (Lipinski definition) is 2. The van der Waals surface area contributed by atoms with Crippen LogP contribution in [0.2, 0.25) is 0 Å². The van der Waals surface area contributed by atoms with Crippen LogP contribution in [0, 0.1) is 0 Å². The van der Waals surface area contributed by atoms with Gasteiger partial charge >= 0.3 is 0 Å². The van der Waals surface area contributed by atoms with Crippen LogP contribution in [0.3, 0.4) is 0 Å². The van der Waals surface area contributed by atoms with Gasteiger partial charge in [-0.1, -0.05) is 12.1 Å². The Bertz CT molecular complexity index is 636. The van der Waals surface area contributed by atoms with Crippen LogP contribution >= 0.6 is 0 Å². The molecule has 1 atom stereocenters. The molecule has 1 saturated heterocycles. The fourth-order valence-electron chi connectivity index (χ4n) is 3.62. The number of hydrogen-bond donors (Lipinski definition) is 1. The molecule has 0 spiro atoms. The van der Waals surface area contributed by atoms with Gasteiger partial charge in [0, 0.05) is 18.7 Å². The van der Waals surface area contributed by atoms with Gasteiger partial charge in [0.1, 0.15) is 0 Å². The van der Waals surface area contributed by atoms with Crippen molar-refractivity contribution < 1.29 is 0 Å². The van der Waals surface area contributed by atoms with Gasteiger partial charge in [-0.3, -0.25) is 4.68 Å². The molecule has 1 fully saturated rings. The first-order chi connectivity index (χ1) is 9.81. The molecule has 3 heteroatoms. The van der Waals surface area contributed by atoms with Gasteiger partial charge in [0.05, 0.1) is 11.4 Å². The summed E-state index contributed by atoms with van der Waals surface area (Å²) in [5, 5.41) is 8.29. The van der Waals surface area contributed by atoms with E-state index < -0.39 is 0 Å². The maximum Gasteiger partial charge on any atom is 0.0926 e. The highest BCUT2D eigenvalue weighted by atomic mass is 15.3. The van der Waals surface area contributed by atoms with Crippen LogP contribution in [0.4, 0.5) is 0 Å². The van der Waals surface area contributed by atoms with Crippen molar-refractivity contribution in [3.05, 3.63) is 41.1 Å². The largest absolute Gasteiger partial charge is 0.309 e. The summed E-state index contributed by atoms with van der Waals surface area (Å²) >= 11 is 0. The van der Waals surface area contributed by atoms with E-state index in [1.807, 2.05) is 4.68 Å². The summed E-state index contributed by atoms with van der Waals surface area (Å²) in [6.45, 7) is 1.13. The van der Waals surface area contributed by atoms with Crippen LogP contribution in [0.25, 0.3) is 11.3 Å². The van der Waals surface area contributed by atoms with Crippen LogP contribution < -0.4 is 5.32 Å². The third-order valence-corrected chi connectivity index (χ3v) is 4.73. The molecule has 104 valence electrons. The Labute approximate surface area is 120 Å². The third-order valence-electron chi connectivity index (χ3n) is 4.73. The monoisotopic (exact) mass is 267 g/mol. The molecule has 1 aromatic carbocycles. The Kier molecular flexibility index (Phi) is 2.88. The molecule has 0 amide bonds. The fourth-order valence-corrected chi connectivity index (χ4v) is 3.62. The van der Waals surface area contributed by atoms with Crippen molar-refractivity contribution in [1.29, 1.82) is 0 Å². The predicted molar refractivity (Wildman–Crippen MR) is 80.6 cm³/mol. The molecule has 0 saturated carbocycles. The van der Waals surface area contributed by atoms with Crippen LogP contribution in [-0.4, -0.2) is 16.3 Å². The zero-order chi connectivity index (χ0) is 13.5. The molecule has 0 bridgehead atoms. The molecule has 1 aliphatic heterocycles. The molecule has 2 aliphatic rings. The van der Waals surface area contributed by atoms with Gasteiger partial charge in [0.15, 0.2) is 0 Å². The van der Waals surface area contributed by atoms with Crippen molar-refractivity contribution in [3.8, 4) is 11.3 Å². The van der Waals surface area contributed by atoms with Gasteiger partial charge < -0.3 is 5.32 Å². The van der Waals surface area contributed by atoms with Crippen molar-refractivity contribution in [2.24, 2.45) is 7.05 Å². The van der Waals surface area contributed by atoms with E-state index in [1.54, 1.807) is 0 Å². The van der Waals surface area contributed by atoms with Crippen molar-refractivity contribution in [2.45, 2.75) is 38.1 Å². The van der Waals surface area contributed by atoms with Crippen LogP contribution in [0.5, 0.6) is 0 Å².